The summed E-state index contributed by atoms with van der Waals surface area (Å²) in [5.74, 6) is -4.95. The molecule has 4 rings (SSSR count). The minimum Gasteiger partial charge on any atom is -0.460 e. The largest absolute Gasteiger partial charge is 0.460 e. The van der Waals surface area contributed by atoms with Gasteiger partial charge >= 0.3 is 5.97 Å². The number of hydrogen-bond donors (Lipinski definition) is 2. The summed E-state index contributed by atoms with van der Waals surface area (Å²) >= 11 is 0. The molecule has 0 unspecified atom stereocenters. The number of amides is 1. The van der Waals surface area contributed by atoms with Gasteiger partial charge < -0.3 is 38.8 Å². The second-order valence-corrected chi connectivity index (χ2v) is 22.8. The van der Waals surface area contributed by atoms with Crippen LogP contribution in [0.4, 0.5) is 0 Å². The van der Waals surface area contributed by atoms with Crippen LogP contribution in [-0.4, -0.2) is 113 Å². The zero-order valence-corrected chi connectivity index (χ0v) is 45.4. The zero-order valence-electron chi connectivity index (χ0n) is 45.4. The number of aliphatic hydroxyl groups is 2. The van der Waals surface area contributed by atoms with Crippen molar-refractivity contribution in [2.45, 2.75) is 208 Å². The number of ketones is 2. The number of carbonyl (C=O) groups is 4. The Morgan fingerprint density at radius 3 is 2.29 bits per heavy atom. The van der Waals surface area contributed by atoms with E-state index in [9.17, 15) is 24.6 Å². The Labute approximate surface area is 422 Å². The number of hydrogen-bond acceptors (Lipinski definition) is 11. The molecule has 3 aliphatic heterocycles. The molecule has 2 saturated heterocycles. The van der Waals surface area contributed by atoms with Crippen molar-refractivity contribution in [3.8, 4) is 0 Å². The minimum atomic E-state index is -1.91. The van der Waals surface area contributed by atoms with Crippen LogP contribution in [0.25, 0.3) is 0 Å². The monoisotopic (exact) mass is 980 g/mol. The molecule has 1 saturated carbocycles. The van der Waals surface area contributed by atoms with E-state index in [1.165, 1.54) is 4.90 Å². The van der Waals surface area contributed by atoms with E-state index in [4.69, 9.17) is 23.7 Å². The SMILES string of the molecule is C=C1[C@H](C)C[C@H](C)/C=C/C=C/C=C(\C)[C@@H](OC)C[C@@H]2CC[C@@H](C)[C@@](OC(C)(C)C)(O2)C(=O)C(=O)N2CCCC[C@H]2C(=O)O[C@H]([C@H](C)C[C@@H]2CC[C@@H](OCCO)[C@H](C)C2)CC(=O)[C@H](C)/C=C(\C)[C@@H](O)[C@H]1C. The molecule has 0 radical (unpaired) electrons. The maximum absolute atomic E-state index is 15.0. The lowest BCUT2D eigenvalue weighted by molar-refractivity contribution is -0.314. The Morgan fingerprint density at radius 2 is 1.63 bits per heavy atom. The number of ether oxygens (including phenoxy) is 5. The van der Waals surface area contributed by atoms with E-state index in [0.717, 1.165) is 36.8 Å². The highest BCUT2D eigenvalue weighted by Crippen LogP contribution is 2.42. The minimum absolute atomic E-state index is 0.0237. The third-order valence-electron chi connectivity index (χ3n) is 15.7. The van der Waals surface area contributed by atoms with Gasteiger partial charge in [0.1, 0.15) is 17.9 Å². The molecule has 12 nitrogen and oxygen atoms in total. The molecule has 1 aliphatic carbocycles. The van der Waals surface area contributed by atoms with Gasteiger partial charge in [0.15, 0.2) is 0 Å². The normalized spacial score (nSPS) is 38.6. The molecule has 4 aliphatic rings. The van der Waals surface area contributed by atoms with Crippen LogP contribution in [-0.2, 0) is 42.9 Å². The fourth-order valence-electron chi connectivity index (χ4n) is 11.4. The number of carbonyl (C=O) groups excluding carboxylic acids is 4. The lowest BCUT2D eigenvalue weighted by Crippen LogP contribution is -2.63. The van der Waals surface area contributed by atoms with Gasteiger partial charge in [-0.15, -0.1) is 0 Å². The van der Waals surface area contributed by atoms with E-state index in [-0.39, 0.29) is 67.2 Å². The van der Waals surface area contributed by atoms with Crippen molar-refractivity contribution in [1.29, 1.82) is 0 Å². The Kier molecular flexibility index (Phi) is 23.0. The van der Waals surface area contributed by atoms with E-state index in [1.54, 1.807) is 7.11 Å². The van der Waals surface area contributed by atoms with Crippen molar-refractivity contribution in [1.82, 2.24) is 4.90 Å². The van der Waals surface area contributed by atoms with Crippen LogP contribution < -0.4 is 0 Å². The summed E-state index contributed by atoms with van der Waals surface area (Å²) in [5, 5.41) is 21.0. The van der Waals surface area contributed by atoms with Gasteiger partial charge in [-0.1, -0.05) is 97.1 Å². The van der Waals surface area contributed by atoms with Crippen LogP contribution >= 0.6 is 0 Å². The van der Waals surface area contributed by atoms with Crippen LogP contribution in [0.2, 0.25) is 0 Å². The van der Waals surface area contributed by atoms with Gasteiger partial charge in [0, 0.05) is 44.2 Å². The second-order valence-electron chi connectivity index (χ2n) is 22.8. The number of esters is 1. The molecule has 3 heterocycles. The standard InChI is InChI=1S/C58H93NO11/c1-36-20-16-15-17-21-37(2)51(66-14)34-47-25-23-43(8)58(69-47,70-57(11,12)13)54(63)55(64)59-27-19-18-22-48(59)56(65)68-52(41(6)33-46-24-26-50(40(5)32-46)67-29-28-60)35-49(61)39(4)31-42(7)53(62)45(10)44(9)38(3)30-36/h15-17,20-21,31,36,38-41,43,45-48,50-53,60,62H,9,18-19,22-30,32-35H2,1-8,10-14H3/b17-15+,20-16+,37-21+,42-31+/t36-,38-,39-,40-,41-,43-,45+,46-,47+,48+,50-,51+,52+,53-,58+/m1/s1. The fraction of sp³-hybridized carbons (Fsp3) is 0.759. The van der Waals surface area contributed by atoms with Crippen LogP contribution in [0.5, 0.6) is 0 Å². The molecule has 15 atom stereocenters. The number of Topliss-reactive ketones (excluding diaryl/α,β-unsaturated/α-hetero) is 2. The number of aliphatic hydroxyl groups excluding tert-OH is 2. The molecule has 0 spiro atoms. The van der Waals surface area contributed by atoms with Crippen molar-refractivity contribution in [3.63, 3.8) is 0 Å². The Hall–Kier alpha value is -3.26. The predicted octanol–water partition coefficient (Wildman–Crippen LogP) is 10.2. The first-order valence-corrected chi connectivity index (χ1v) is 26.7. The average Bonchev–Trinajstić information content (AvgIpc) is 3.31. The summed E-state index contributed by atoms with van der Waals surface area (Å²) in [6.07, 6.45) is 17.0. The Morgan fingerprint density at radius 1 is 0.914 bits per heavy atom. The molecule has 396 valence electrons. The first-order valence-electron chi connectivity index (χ1n) is 26.7. The summed E-state index contributed by atoms with van der Waals surface area (Å²) in [6, 6.07) is -1.05. The van der Waals surface area contributed by atoms with Crippen LogP contribution in [0.15, 0.2) is 59.8 Å². The van der Waals surface area contributed by atoms with E-state index < -0.39 is 65.2 Å². The van der Waals surface area contributed by atoms with Gasteiger partial charge in [0.05, 0.1) is 43.2 Å². The third-order valence-corrected chi connectivity index (χ3v) is 15.7. The molecule has 1 amide bonds. The van der Waals surface area contributed by atoms with Gasteiger partial charge in [-0.05, 0) is 140 Å². The molecule has 2 N–H and O–H groups in total. The summed E-state index contributed by atoms with van der Waals surface area (Å²) in [6.45, 7) is 28.4. The van der Waals surface area contributed by atoms with Gasteiger partial charge in [-0.3, -0.25) is 14.4 Å². The van der Waals surface area contributed by atoms with Crippen molar-refractivity contribution in [2.24, 2.45) is 47.3 Å². The molecule has 70 heavy (non-hydrogen) atoms. The van der Waals surface area contributed by atoms with Gasteiger partial charge in [0.25, 0.3) is 11.7 Å². The molecular formula is C58H93NO11. The van der Waals surface area contributed by atoms with Crippen LogP contribution in [0.3, 0.4) is 0 Å². The van der Waals surface area contributed by atoms with Crippen molar-refractivity contribution < 1.29 is 53.1 Å². The molecule has 0 aromatic rings. The first-order chi connectivity index (χ1) is 32.9. The Bertz CT molecular complexity index is 1880. The van der Waals surface area contributed by atoms with E-state index in [0.29, 0.717) is 63.0 Å². The number of rotatable bonds is 8. The first kappa shape index (κ1) is 59.3. The van der Waals surface area contributed by atoms with Gasteiger partial charge in [-0.2, -0.15) is 0 Å². The second kappa shape index (κ2) is 27.2. The predicted molar refractivity (Wildman–Crippen MR) is 275 cm³/mol. The molecule has 12 heteroatoms. The van der Waals surface area contributed by atoms with Gasteiger partial charge in [-0.25, -0.2) is 4.79 Å². The smallest absolute Gasteiger partial charge is 0.329 e. The summed E-state index contributed by atoms with van der Waals surface area (Å²) in [5.41, 5.74) is 1.73. The number of allylic oxidation sites excluding steroid dienone is 6. The highest BCUT2D eigenvalue weighted by molar-refractivity contribution is 6.39. The zero-order chi connectivity index (χ0) is 52.1. The highest BCUT2D eigenvalue weighted by Gasteiger charge is 2.57. The van der Waals surface area contributed by atoms with E-state index in [2.05, 4.69) is 33.4 Å². The van der Waals surface area contributed by atoms with Crippen LogP contribution in [0, 0.1) is 47.3 Å². The number of fused-ring (bicyclic) bond motifs is 3. The fourth-order valence-corrected chi connectivity index (χ4v) is 11.4. The van der Waals surface area contributed by atoms with E-state index in [1.807, 2.05) is 92.7 Å². The molecular weight excluding hydrogens is 887 g/mol. The van der Waals surface area contributed by atoms with Crippen molar-refractivity contribution in [2.75, 3.05) is 26.9 Å². The summed E-state index contributed by atoms with van der Waals surface area (Å²) in [4.78, 5) is 60.3. The van der Waals surface area contributed by atoms with Gasteiger partial charge in [0.2, 0.25) is 5.79 Å². The van der Waals surface area contributed by atoms with Crippen molar-refractivity contribution in [3.05, 3.63) is 59.8 Å². The molecule has 0 aromatic carbocycles. The lowest BCUT2D eigenvalue weighted by Gasteiger charge is -2.48. The molecule has 2 bridgehead atoms. The maximum Gasteiger partial charge on any atom is 0.329 e. The summed E-state index contributed by atoms with van der Waals surface area (Å²) in [7, 11) is 1.66. The molecule has 3 fully saturated rings. The number of methoxy groups -OCH3 is 1. The highest BCUT2D eigenvalue weighted by atomic mass is 16.7. The number of nitrogens with zero attached hydrogens (tertiary/aromatic N) is 1. The Balaban J connectivity index is 1.74. The van der Waals surface area contributed by atoms with E-state index >= 15 is 4.79 Å². The van der Waals surface area contributed by atoms with Crippen molar-refractivity contribution >= 4 is 23.4 Å². The topological polar surface area (TPSA) is 158 Å². The average molecular weight is 980 g/mol. The van der Waals surface area contributed by atoms with Crippen LogP contribution in [0.1, 0.15) is 160 Å². The lowest BCUT2D eigenvalue weighted by atomic mass is 9.75. The third kappa shape index (κ3) is 16.4. The molecule has 0 aromatic heterocycles. The number of piperidine rings is 1. The number of cyclic esters (lactones) is 1. The quantitative estimate of drug-likeness (QED) is 0.135. The summed E-state index contributed by atoms with van der Waals surface area (Å²) < 4.78 is 31.8. The maximum atomic E-state index is 15.0.